The molecule has 0 bridgehead atoms. The van der Waals surface area contributed by atoms with Gasteiger partial charge < -0.3 is 9.31 Å². The van der Waals surface area contributed by atoms with Crippen molar-refractivity contribution in [2.24, 2.45) is 5.92 Å². The van der Waals surface area contributed by atoms with Crippen LogP contribution in [0.15, 0.2) is 24.3 Å². The van der Waals surface area contributed by atoms with Gasteiger partial charge in [-0.3, -0.25) is 4.90 Å². The van der Waals surface area contributed by atoms with Gasteiger partial charge in [0, 0.05) is 6.54 Å². The van der Waals surface area contributed by atoms with Crippen LogP contribution in [0.2, 0.25) is 0 Å². The molecule has 7 heteroatoms. The van der Waals surface area contributed by atoms with Crippen molar-refractivity contribution in [3.8, 4) is 0 Å². The van der Waals surface area contributed by atoms with E-state index < -0.39 is 10.7 Å². The molecule has 26 heavy (non-hydrogen) atoms. The van der Waals surface area contributed by atoms with Gasteiger partial charge >= 0.3 is 7.12 Å². The van der Waals surface area contributed by atoms with Crippen molar-refractivity contribution >= 4 is 23.3 Å². The largest absolute Gasteiger partial charge is 0.494 e. The van der Waals surface area contributed by atoms with Crippen molar-refractivity contribution in [1.82, 2.24) is 4.90 Å². The molecule has 1 aromatic carbocycles. The Balaban J connectivity index is 1.54. The van der Waals surface area contributed by atoms with Crippen LogP contribution in [0.25, 0.3) is 0 Å². The summed E-state index contributed by atoms with van der Waals surface area (Å²) in [6.45, 7) is 11.1. The molecule has 5 nitrogen and oxygen atoms in total. The maximum Gasteiger partial charge on any atom is 0.494 e. The molecule has 2 saturated heterocycles. The van der Waals surface area contributed by atoms with Gasteiger partial charge in [-0.05, 0) is 70.6 Å². The molecule has 0 amide bonds. The Hall–Kier alpha value is -0.885. The van der Waals surface area contributed by atoms with Gasteiger partial charge in [0.1, 0.15) is 10.7 Å². The molecule has 0 N–H and O–H groups in total. The first-order chi connectivity index (χ1) is 12.2. The minimum Gasteiger partial charge on any atom is -0.399 e. The average Bonchev–Trinajstić information content (AvgIpc) is 2.77. The first-order valence-electron chi connectivity index (χ1n) is 9.45. The zero-order valence-electron chi connectivity index (χ0n) is 16.2. The Bertz CT molecular complexity index is 670. The fraction of sp³-hybridized carbons (Fsp3) is 0.684. The average molecular weight is 379 g/mol. The topological polar surface area (TPSA) is 55.8 Å². The Morgan fingerprint density at radius 3 is 2.08 bits per heavy atom. The molecule has 0 unspecified atom stereocenters. The number of thiol groups is 1. The maximum absolute atomic E-state index is 10.9. The number of hydrogen-bond acceptors (Lipinski definition) is 5. The Labute approximate surface area is 159 Å². The second kappa shape index (κ2) is 7.62. The number of likely N-dealkylation sites (tertiary alicyclic amines) is 1. The number of nitrogens with zero attached hydrogens (tertiary/aromatic N) is 1. The highest BCUT2D eigenvalue weighted by Crippen LogP contribution is 2.36. The minimum atomic E-state index is -2.25. The molecule has 144 valence electrons. The van der Waals surface area contributed by atoms with Crippen molar-refractivity contribution < 1.29 is 17.7 Å². The fourth-order valence-corrected chi connectivity index (χ4v) is 4.34. The van der Waals surface area contributed by atoms with Gasteiger partial charge in [0.2, 0.25) is 0 Å². The highest BCUT2D eigenvalue weighted by molar-refractivity contribution is 7.72. The van der Waals surface area contributed by atoms with Gasteiger partial charge in [-0.1, -0.05) is 24.3 Å². The van der Waals surface area contributed by atoms with E-state index in [4.69, 9.17) is 9.31 Å². The lowest BCUT2D eigenvalue weighted by Crippen LogP contribution is -2.41. The lowest BCUT2D eigenvalue weighted by molar-refractivity contribution is 0.00578. The van der Waals surface area contributed by atoms with E-state index in [1.165, 1.54) is 5.56 Å². The summed E-state index contributed by atoms with van der Waals surface area (Å²) < 4.78 is 33.9. The van der Waals surface area contributed by atoms with Crippen molar-refractivity contribution in [2.45, 2.75) is 58.3 Å². The first kappa shape index (κ1) is 19.9. The molecule has 0 aromatic heterocycles. The van der Waals surface area contributed by atoms with Crippen LogP contribution in [-0.2, 0) is 26.6 Å². The zero-order chi connectivity index (χ0) is 18.9. The van der Waals surface area contributed by atoms with Crippen LogP contribution in [0.5, 0.6) is 0 Å². The number of benzene rings is 1. The van der Waals surface area contributed by atoms with Crippen molar-refractivity contribution in [3.63, 3.8) is 0 Å². The molecular formula is C19H30BNO4S. The van der Waals surface area contributed by atoms with E-state index in [9.17, 15) is 8.42 Å². The first-order valence-corrected chi connectivity index (χ1v) is 10.8. The van der Waals surface area contributed by atoms with Crippen LogP contribution < -0.4 is 5.46 Å². The molecule has 0 spiro atoms. The van der Waals surface area contributed by atoms with E-state index in [1.807, 2.05) is 0 Å². The van der Waals surface area contributed by atoms with E-state index >= 15 is 0 Å². The van der Waals surface area contributed by atoms with Crippen LogP contribution in [-0.4, -0.2) is 50.5 Å². The second-order valence-electron chi connectivity index (χ2n) is 8.56. The molecule has 2 aliphatic heterocycles. The maximum atomic E-state index is 10.9. The smallest absolute Gasteiger partial charge is 0.399 e. The summed E-state index contributed by atoms with van der Waals surface area (Å²) in [6.07, 6.45) is 1.94. The predicted octanol–water partition coefficient (Wildman–Crippen LogP) is 1.81. The summed E-state index contributed by atoms with van der Waals surface area (Å²) in [5.74, 6) is 0.671. The summed E-state index contributed by atoms with van der Waals surface area (Å²) in [5.41, 5.74) is 1.66. The van der Waals surface area contributed by atoms with E-state index in [0.717, 1.165) is 37.9 Å². The third-order valence-electron chi connectivity index (χ3n) is 6.03. The summed E-state index contributed by atoms with van der Waals surface area (Å²) in [4.78, 5) is 2.40. The molecule has 0 saturated carbocycles. The lowest BCUT2D eigenvalue weighted by Gasteiger charge is -2.32. The summed E-state index contributed by atoms with van der Waals surface area (Å²) in [6, 6.07) is 8.46. The van der Waals surface area contributed by atoms with E-state index in [-0.39, 0.29) is 18.3 Å². The standard InChI is InChI=1S/C19H30BNO4S/c1-18(2)19(3,4)25-20(24-18)17-7-5-15(6-8-17)13-21-11-9-16(10-12-21)14-26(22)23/h5-8,16,26H,9-14H2,1-4H3. The van der Waals surface area contributed by atoms with E-state index in [0.29, 0.717) is 11.7 Å². The van der Waals surface area contributed by atoms with Crippen LogP contribution in [0.3, 0.4) is 0 Å². The molecule has 0 atom stereocenters. The summed E-state index contributed by atoms with van der Waals surface area (Å²) >= 11 is 0. The Morgan fingerprint density at radius 1 is 1.04 bits per heavy atom. The third-order valence-corrected chi connectivity index (χ3v) is 6.84. The van der Waals surface area contributed by atoms with Crippen molar-refractivity contribution in [1.29, 1.82) is 0 Å². The van der Waals surface area contributed by atoms with Gasteiger partial charge in [-0.25, -0.2) is 8.42 Å². The van der Waals surface area contributed by atoms with Gasteiger partial charge in [0.25, 0.3) is 0 Å². The summed E-state index contributed by atoms with van der Waals surface area (Å²) in [5, 5.41) is 0. The number of rotatable bonds is 5. The normalized spacial score (nSPS) is 23.7. The highest BCUT2D eigenvalue weighted by Gasteiger charge is 2.51. The van der Waals surface area contributed by atoms with Crippen molar-refractivity contribution in [2.75, 3.05) is 18.8 Å². The number of hydrogen-bond donors (Lipinski definition) is 1. The molecule has 0 radical (unpaired) electrons. The van der Waals surface area contributed by atoms with Crippen LogP contribution in [0.1, 0.15) is 46.1 Å². The summed E-state index contributed by atoms with van der Waals surface area (Å²) in [7, 11) is -2.57. The molecular weight excluding hydrogens is 349 g/mol. The van der Waals surface area contributed by atoms with Gasteiger partial charge in [0.05, 0.1) is 17.0 Å². The van der Waals surface area contributed by atoms with Crippen molar-refractivity contribution in [3.05, 3.63) is 29.8 Å². The molecule has 3 rings (SSSR count). The third kappa shape index (κ3) is 4.50. The minimum absolute atomic E-state index is 0.320. The lowest BCUT2D eigenvalue weighted by atomic mass is 9.79. The number of piperidine rings is 1. The molecule has 2 aliphatic rings. The monoisotopic (exact) mass is 379 g/mol. The Morgan fingerprint density at radius 2 is 1.58 bits per heavy atom. The predicted molar refractivity (Wildman–Crippen MR) is 105 cm³/mol. The molecule has 2 heterocycles. The van der Waals surface area contributed by atoms with Gasteiger partial charge in [-0.15, -0.1) is 0 Å². The van der Waals surface area contributed by atoms with Crippen LogP contribution in [0.4, 0.5) is 0 Å². The van der Waals surface area contributed by atoms with Gasteiger partial charge in [-0.2, -0.15) is 0 Å². The molecule has 2 fully saturated rings. The second-order valence-corrected chi connectivity index (χ2v) is 9.60. The highest BCUT2D eigenvalue weighted by atomic mass is 32.2. The molecule has 0 aliphatic carbocycles. The Kier molecular flexibility index (Phi) is 5.82. The van der Waals surface area contributed by atoms with Gasteiger partial charge in [0.15, 0.2) is 0 Å². The SMILES string of the molecule is CC1(C)OB(c2ccc(CN3CCC(C[SH](=O)=O)CC3)cc2)OC1(C)C. The van der Waals surface area contributed by atoms with Crippen LogP contribution >= 0.6 is 0 Å². The zero-order valence-corrected chi connectivity index (χ0v) is 17.1. The van der Waals surface area contributed by atoms with E-state index in [2.05, 4.69) is 56.9 Å². The fourth-order valence-electron chi connectivity index (χ4n) is 3.56. The quantitative estimate of drug-likeness (QED) is 0.625. The van der Waals surface area contributed by atoms with E-state index in [1.54, 1.807) is 0 Å². The molecule has 1 aromatic rings. The van der Waals surface area contributed by atoms with Crippen LogP contribution in [0, 0.1) is 5.92 Å².